The minimum absolute atomic E-state index is 0.00672. The molecule has 6 N–H and O–H groups in total. The molecule has 1 saturated heterocycles. The lowest BCUT2D eigenvalue weighted by Crippen LogP contribution is -2.60. The third-order valence-electron chi connectivity index (χ3n) is 19.1. The zero-order valence-corrected chi connectivity index (χ0v) is 61.4. The molecule has 1 aliphatic heterocycles. The Morgan fingerprint density at radius 3 is 1.12 bits per heavy atom. The molecule has 94 heavy (non-hydrogen) atoms. The second kappa shape index (κ2) is 71.6. The van der Waals surface area contributed by atoms with Gasteiger partial charge in [0.15, 0.2) is 6.29 Å². The van der Waals surface area contributed by atoms with Crippen molar-refractivity contribution in [2.75, 3.05) is 19.8 Å². The molecule has 0 aliphatic carbocycles. The highest BCUT2D eigenvalue weighted by atomic mass is 16.7. The van der Waals surface area contributed by atoms with Crippen LogP contribution >= 0.6 is 0 Å². The molecule has 1 amide bonds. The molecule has 0 bridgehead atoms. The van der Waals surface area contributed by atoms with Gasteiger partial charge in [-0.2, -0.15) is 0 Å². The lowest BCUT2D eigenvalue weighted by molar-refractivity contribution is -0.302. The van der Waals surface area contributed by atoms with Gasteiger partial charge in [-0.1, -0.05) is 338 Å². The van der Waals surface area contributed by atoms with E-state index in [1.807, 2.05) is 6.08 Å². The summed E-state index contributed by atoms with van der Waals surface area (Å²) in [5.41, 5.74) is 0. The smallest absolute Gasteiger partial charge is 0.305 e. The normalized spacial score (nSPS) is 17.7. The van der Waals surface area contributed by atoms with Gasteiger partial charge in [0.25, 0.3) is 0 Å². The molecule has 0 aromatic heterocycles. The number of ether oxygens (including phenoxy) is 3. The topological polar surface area (TPSA) is 175 Å². The molecule has 1 aliphatic rings. The molecular weight excluding hydrogens is 1170 g/mol. The van der Waals surface area contributed by atoms with Crippen LogP contribution in [0.3, 0.4) is 0 Å². The van der Waals surface area contributed by atoms with Gasteiger partial charge in [-0.05, 0) is 103 Å². The first-order chi connectivity index (χ1) is 46.2. The van der Waals surface area contributed by atoms with E-state index in [9.17, 15) is 35.1 Å². The van der Waals surface area contributed by atoms with Crippen molar-refractivity contribution >= 4 is 11.9 Å². The van der Waals surface area contributed by atoms with Crippen LogP contribution in [-0.2, 0) is 23.8 Å². The van der Waals surface area contributed by atoms with Gasteiger partial charge in [-0.25, -0.2) is 0 Å². The van der Waals surface area contributed by atoms with Gasteiger partial charge in [0.2, 0.25) is 5.91 Å². The molecular formula is C83H153NO10. The van der Waals surface area contributed by atoms with Gasteiger partial charge in [0.05, 0.1) is 32.0 Å². The van der Waals surface area contributed by atoms with E-state index >= 15 is 0 Å². The van der Waals surface area contributed by atoms with Crippen LogP contribution in [0.1, 0.15) is 393 Å². The van der Waals surface area contributed by atoms with E-state index in [4.69, 9.17) is 14.2 Å². The summed E-state index contributed by atoms with van der Waals surface area (Å²) >= 11 is 0. The first kappa shape index (κ1) is 89.4. The quantitative estimate of drug-likeness (QED) is 0.0195. The van der Waals surface area contributed by atoms with Crippen LogP contribution in [0.2, 0.25) is 0 Å². The van der Waals surface area contributed by atoms with Crippen molar-refractivity contribution in [3.05, 3.63) is 60.8 Å². The highest BCUT2D eigenvalue weighted by Crippen LogP contribution is 2.24. The highest BCUT2D eigenvalue weighted by Gasteiger charge is 2.44. The number of allylic oxidation sites excluding steroid dienone is 9. The summed E-state index contributed by atoms with van der Waals surface area (Å²) in [6.07, 6.45) is 86.9. The maximum absolute atomic E-state index is 13.1. The molecule has 0 saturated carbocycles. The number of hydrogen-bond donors (Lipinski definition) is 6. The maximum atomic E-state index is 13.1. The number of amides is 1. The Kier molecular flexibility index (Phi) is 68.1. The predicted molar refractivity (Wildman–Crippen MR) is 398 cm³/mol. The average Bonchev–Trinajstić information content (AvgIpc) is 0.856. The summed E-state index contributed by atoms with van der Waals surface area (Å²) in [7, 11) is 0. The molecule has 1 rings (SSSR count). The Morgan fingerprint density at radius 2 is 0.723 bits per heavy atom. The number of nitrogens with one attached hydrogen (secondary N) is 1. The van der Waals surface area contributed by atoms with Crippen molar-refractivity contribution in [3.8, 4) is 0 Å². The summed E-state index contributed by atoms with van der Waals surface area (Å²) < 4.78 is 16.7. The average molecular weight is 1330 g/mol. The third-order valence-corrected chi connectivity index (χ3v) is 19.1. The standard InChI is InChI=1S/C83H153NO10/c1-3-5-7-9-11-13-15-17-43-47-51-55-59-63-67-71-79(88)92-72-68-64-60-56-52-48-45-42-40-38-36-34-32-30-28-26-24-22-20-18-19-21-23-25-27-29-31-33-35-37-39-41-44-46-50-54-58-62-66-70-78(87)84-75(74-93-83-82(91)81(90)80(89)77(73-85)94-83)76(86)69-65-61-57-53-49-16-14-12-10-8-6-4-2/h17-19,22,24,43,49,53,65,69,75-77,80-83,85-86,89-91H,3-16,20-21,23,25-42,44-48,50-52,54-64,66-68,70-74H2,1-2H3,(H,84,87)/b19-18-,24-22-,43-17-,53-49+,69-65+. The lowest BCUT2D eigenvalue weighted by atomic mass is 9.99. The molecule has 0 spiro atoms. The van der Waals surface area contributed by atoms with Crippen molar-refractivity contribution in [2.45, 2.75) is 436 Å². The second-order valence-electron chi connectivity index (χ2n) is 28.1. The molecule has 0 aromatic carbocycles. The Morgan fingerprint density at radius 1 is 0.394 bits per heavy atom. The molecule has 1 heterocycles. The van der Waals surface area contributed by atoms with Crippen molar-refractivity contribution in [3.63, 3.8) is 0 Å². The summed E-state index contributed by atoms with van der Waals surface area (Å²) in [6, 6.07) is -0.826. The van der Waals surface area contributed by atoms with E-state index in [2.05, 4.69) is 67.8 Å². The number of hydrogen-bond acceptors (Lipinski definition) is 10. The molecule has 0 radical (unpaired) electrons. The predicted octanol–water partition coefficient (Wildman–Crippen LogP) is 22.0. The van der Waals surface area contributed by atoms with Gasteiger partial charge in [0, 0.05) is 12.8 Å². The van der Waals surface area contributed by atoms with Crippen molar-refractivity contribution in [1.29, 1.82) is 0 Å². The van der Waals surface area contributed by atoms with Gasteiger partial charge in [-0.3, -0.25) is 9.59 Å². The van der Waals surface area contributed by atoms with E-state index < -0.39 is 49.5 Å². The number of aliphatic hydroxyl groups excluding tert-OH is 5. The Hall–Kier alpha value is -2.64. The van der Waals surface area contributed by atoms with E-state index in [0.29, 0.717) is 19.4 Å². The summed E-state index contributed by atoms with van der Waals surface area (Å²) in [5.74, 6) is -0.181. The van der Waals surface area contributed by atoms with Crippen LogP contribution in [0.25, 0.3) is 0 Å². The van der Waals surface area contributed by atoms with E-state index in [1.54, 1.807) is 6.08 Å². The SMILES string of the molecule is CCCCCCCC/C=C\CCCCCCCC(=O)OCCCCCCCCCCCCCCCCC/C=C\C/C=C\CCCCCCCCCCCCCCCCCCCC(=O)NC(COC1OC(CO)C(O)C(O)C1O)C(O)/C=C/CC/C=C/CCCCCCCC. The lowest BCUT2D eigenvalue weighted by Gasteiger charge is -2.40. The molecule has 1 fully saturated rings. The number of rotatable bonds is 72. The van der Waals surface area contributed by atoms with Crippen molar-refractivity contribution < 1.29 is 49.3 Å². The number of aliphatic hydroxyl groups is 5. The fourth-order valence-corrected chi connectivity index (χ4v) is 12.7. The Balaban J connectivity index is 1.89. The zero-order chi connectivity index (χ0) is 67.9. The summed E-state index contributed by atoms with van der Waals surface area (Å²) in [5, 5.41) is 54.5. The monoisotopic (exact) mass is 1320 g/mol. The Labute approximate surface area is 579 Å². The van der Waals surface area contributed by atoms with E-state index in [0.717, 1.165) is 64.2 Å². The van der Waals surface area contributed by atoms with Crippen molar-refractivity contribution in [1.82, 2.24) is 5.32 Å². The van der Waals surface area contributed by atoms with Crippen molar-refractivity contribution in [2.24, 2.45) is 0 Å². The van der Waals surface area contributed by atoms with Crippen LogP contribution in [0, 0.1) is 0 Å². The second-order valence-corrected chi connectivity index (χ2v) is 28.1. The fraction of sp³-hybridized carbons (Fsp3) is 0.855. The summed E-state index contributed by atoms with van der Waals surface area (Å²) in [4.78, 5) is 25.2. The van der Waals surface area contributed by atoms with Crippen LogP contribution in [-0.4, -0.2) is 100 Å². The van der Waals surface area contributed by atoms with Crippen LogP contribution in [0.4, 0.5) is 0 Å². The number of unbranched alkanes of at least 4 members (excludes halogenated alkanes) is 50. The van der Waals surface area contributed by atoms with E-state index in [-0.39, 0.29) is 18.5 Å². The maximum Gasteiger partial charge on any atom is 0.305 e. The third kappa shape index (κ3) is 59.4. The molecule has 11 heteroatoms. The van der Waals surface area contributed by atoms with Gasteiger partial charge < -0.3 is 45.1 Å². The number of carbonyl (C=O) groups is 2. The van der Waals surface area contributed by atoms with Gasteiger partial charge in [0.1, 0.15) is 24.4 Å². The largest absolute Gasteiger partial charge is 0.466 e. The zero-order valence-electron chi connectivity index (χ0n) is 61.4. The van der Waals surface area contributed by atoms with Gasteiger partial charge in [-0.15, -0.1) is 0 Å². The molecule has 7 unspecified atom stereocenters. The first-order valence-corrected chi connectivity index (χ1v) is 40.6. The summed E-state index contributed by atoms with van der Waals surface area (Å²) in [6.45, 7) is 4.35. The number of esters is 1. The first-order valence-electron chi connectivity index (χ1n) is 40.6. The van der Waals surface area contributed by atoms with E-state index in [1.165, 1.54) is 302 Å². The highest BCUT2D eigenvalue weighted by molar-refractivity contribution is 5.76. The fourth-order valence-electron chi connectivity index (χ4n) is 12.7. The molecule has 7 atom stereocenters. The number of carbonyl (C=O) groups excluding carboxylic acids is 2. The minimum Gasteiger partial charge on any atom is -0.466 e. The molecule has 11 nitrogen and oxygen atoms in total. The minimum atomic E-state index is -1.58. The van der Waals surface area contributed by atoms with Gasteiger partial charge >= 0.3 is 5.97 Å². The Bertz CT molecular complexity index is 1750. The van der Waals surface area contributed by atoms with Crippen LogP contribution in [0.15, 0.2) is 60.8 Å². The molecule has 0 aromatic rings. The van der Waals surface area contributed by atoms with Crippen LogP contribution in [0.5, 0.6) is 0 Å². The molecule has 550 valence electrons. The van der Waals surface area contributed by atoms with Crippen LogP contribution < -0.4 is 5.32 Å².